The Morgan fingerprint density at radius 1 is 1.20 bits per heavy atom. The fourth-order valence-corrected chi connectivity index (χ4v) is 2.07. The van der Waals surface area contributed by atoms with Gasteiger partial charge in [-0.25, -0.2) is 0 Å². The molecule has 0 amide bonds. The van der Waals surface area contributed by atoms with Crippen LogP contribution in [0.25, 0.3) is 0 Å². The van der Waals surface area contributed by atoms with Crippen molar-refractivity contribution in [3.8, 4) is 0 Å². The molecule has 1 aromatic carbocycles. The standard InChI is InChI=1S/C15H24/c1-7-11(2)13-8-9-14(12(3)10-13)15(4,5)6/h8-11H,7H2,1-6H3. The molecule has 1 aromatic rings. The van der Waals surface area contributed by atoms with Crippen molar-refractivity contribution in [2.75, 3.05) is 0 Å². The normalized spacial score (nSPS) is 14.0. The second-order valence-electron chi connectivity index (χ2n) is 5.63. The van der Waals surface area contributed by atoms with E-state index in [4.69, 9.17) is 0 Å². The van der Waals surface area contributed by atoms with Crippen LogP contribution < -0.4 is 0 Å². The lowest BCUT2D eigenvalue weighted by atomic mass is 9.82. The zero-order valence-electron chi connectivity index (χ0n) is 11.0. The van der Waals surface area contributed by atoms with Crippen LogP contribution in [0.4, 0.5) is 0 Å². The Hall–Kier alpha value is -0.780. The van der Waals surface area contributed by atoms with Crippen LogP contribution in [0.3, 0.4) is 0 Å². The van der Waals surface area contributed by atoms with Gasteiger partial charge in [-0.05, 0) is 41.4 Å². The van der Waals surface area contributed by atoms with Crippen molar-refractivity contribution in [3.63, 3.8) is 0 Å². The fourth-order valence-electron chi connectivity index (χ4n) is 2.07. The lowest BCUT2D eigenvalue weighted by molar-refractivity contribution is 0.585. The molecule has 0 aliphatic carbocycles. The molecule has 0 radical (unpaired) electrons. The van der Waals surface area contributed by atoms with Crippen LogP contribution in [0.1, 0.15) is 63.6 Å². The molecule has 0 aliphatic heterocycles. The first kappa shape index (κ1) is 12.3. The Kier molecular flexibility index (Phi) is 3.59. The molecule has 0 heterocycles. The van der Waals surface area contributed by atoms with Gasteiger partial charge in [-0.15, -0.1) is 0 Å². The third-order valence-corrected chi connectivity index (χ3v) is 3.24. The van der Waals surface area contributed by atoms with E-state index < -0.39 is 0 Å². The Balaban J connectivity index is 3.09. The average molecular weight is 204 g/mol. The number of rotatable bonds is 2. The third kappa shape index (κ3) is 2.84. The van der Waals surface area contributed by atoms with Gasteiger partial charge in [-0.3, -0.25) is 0 Å². The molecule has 0 aromatic heterocycles. The maximum Gasteiger partial charge on any atom is -0.0129 e. The summed E-state index contributed by atoms with van der Waals surface area (Å²) in [5.41, 5.74) is 4.63. The van der Waals surface area contributed by atoms with Crippen LogP contribution in [0, 0.1) is 6.92 Å². The minimum absolute atomic E-state index is 0.262. The zero-order valence-corrected chi connectivity index (χ0v) is 11.0. The number of aryl methyl sites for hydroxylation is 1. The first-order valence-electron chi connectivity index (χ1n) is 5.97. The Bertz CT molecular complexity index is 328. The molecule has 0 bridgehead atoms. The number of benzene rings is 1. The highest BCUT2D eigenvalue weighted by Crippen LogP contribution is 2.28. The summed E-state index contributed by atoms with van der Waals surface area (Å²) in [5.74, 6) is 0.678. The van der Waals surface area contributed by atoms with Crippen LogP contribution in [-0.4, -0.2) is 0 Å². The van der Waals surface area contributed by atoms with E-state index >= 15 is 0 Å². The summed E-state index contributed by atoms with van der Waals surface area (Å²) >= 11 is 0. The molecule has 0 heteroatoms. The van der Waals surface area contributed by atoms with E-state index in [1.54, 1.807) is 0 Å². The summed E-state index contributed by atoms with van der Waals surface area (Å²) in [4.78, 5) is 0. The van der Waals surface area contributed by atoms with Crippen LogP contribution >= 0.6 is 0 Å². The van der Waals surface area contributed by atoms with Gasteiger partial charge in [-0.1, -0.05) is 52.8 Å². The van der Waals surface area contributed by atoms with Gasteiger partial charge >= 0.3 is 0 Å². The zero-order chi connectivity index (χ0) is 11.6. The summed E-state index contributed by atoms with van der Waals surface area (Å²) in [6.07, 6.45) is 1.22. The Morgan fingerprint density at radius 3 is 2.20 bits per heavy atom. The second-order valence-corrected chi connectivity index (χ2v) is 5.63. The van der Waals surface area contributed by atoms with E-state index in [-0.39, 0.29) is 5.41 Å². The average Bonchev–Trinajstić information content (AvgIpc) is 2.14. The predicted octanol–water partition coefficient (Wildman–Crippen LogP) is 4.81. The molecule has 84 valence electrons. The summed E-state index contributed by atoms with van der Waals surface area (Å²) in [7, 11) is 0. The van der Waals surface area contributed by atoms with E-state index in [0.717, 1.165) is 0 Å². The third-order valence-electron chi connectivity index (χ3n) is 3.24. The van der Waals surface area contributed by atoms with Crippen molar-refractivity contribution in [1.82, 2.24) is 0 Å². The van der Waals surface area contributed by atoms with Gasteiger partial charge in [0.1, 0.15) is 0 Å². The minimum atomic E-state index is 0.262. The number of hydrogen-bond acceptors (Lipinski definition) is 0. The maximum atomic E-state index is 2.36. The largest absolute Gasteiger partial charge is 0.0648 e. The van der Waals surface area contributed by atoms with Crippen molar-refractivity contribution in [2.45, 2.75) is 59.3 Å². The van der Waals surface area contributed by atoms with E-state index in [9.17, 15) is 0 Å². The molecule has 1 unspecified atom stereocenters. The van der Waals surface area contributed by atoms with Gasteiger partial charge in [0.05, 0.1) is 0 Å². The fraction of sp³-hybridized carbons (Fsp3) is 0.600. The SMILES string of the molecule is CCC(C)c1ccc(C(C)(C)C)c(C)c1. The summed E-state index contributed by atoms with van der Waals surface area (Å²) in [6.45, 7) is 13.6. The molecular formula is C15H24. The Morgan fingerprint density at radius 2 is 1.80 bits per heavy atom. The smallest absolute Gasteiger partial charge is 0.0129 e. The summed E-state index contributed by atoms with van der Waals surface area (Å²) in [5, 5.41) is 0. The van der Waals surface area contributed by atoms with Crippen molar-refractivity contribution in [2.24, 2.45) is 0 Å². The number of hydrogen-bond donors (Lipinski definition) is 0. The molecular weight excluding hydrogens is 180 g/mol. The molecule has 1 atom stereocenters. The molecule has 0 aliphatic rings. The van der Waals surface area contributed by atoms with Gasteiger partial charge in [0, 0.05) is 0 Å². The highest BCUT2D eigenvalue weighted by atomic mass is 14.2. The van der Waals surface area contributed by atoms with Crippen molar-refractivity contribution >= 4 is 0 Å². The van der Waals surface area contributed by atoms with Gasteiger partial charge in [0.15, 0.2) is 0 Å². The molecule has 0 saturated carbocycles. The first-order chi connectivity index (χ1) is 6.86. The van der Waals surface area contributed by atoms with Gasteiger partial charge in [-0.2, -0.15) is 0 Å². The molecule has 0 fully saturated rings. The molecule has 0 N–H and O–H groups in total. The molecule has 0 saturated heterocycles. The first-order valence-corrected chi connectivity index (χ1v) is 5.97. The molecule has 0 nitrogen and oxygen atoms in total. The highest BCUT2D eigenvalue weighted by molar-refractivity contribution is 5.36. The highest BCUT2D eigenvalue weighted by Gasteiger charge is 2.16. The van der Waals surface area contributed by atoms with Crippen molar-refractivity contribution in [1.29, 1.82) is 0 Å². The van der Waals surface area contributed by atoms with Crippen LogP contribution in [-0.2, 0) is 5.41 Å². The monoisotopic (exact) mass is 204 g/mol. The molecule has 0 spiro atoms. The lowest BCUT2D eigenvalue weighted by Gasteiger charge is -2.23. The van der Waals surface area contributed by atoms with Gasteiger partial charge < -0.3 is 0 Å². The topological polar surface area (TPSA) is 0 Å². The lowest BCUT2D eigenvalue weighted by Crippen LogP contribution is -2.13. The van der Waals surface area contributed by atoms with Crippen LogP contribution in [0.5, 0.6) is 0 Å². The quantitative estimate of drug-likeness (QED) is 0.648. The van der Waals surface area contributed by atoms with E-state index in [0.29, 0.717) is 5.92 Å². The predicted molar refractivity (Wildman–Crippen MR) is 68.6 cm³/mol. The Labute approximate surface area is 94.7 Å². The van der Waals surface area contributed by atoms with E-state index in [2.05, 4.69) is 59.7 Å². The van der Waals surface area contributed by atoms with Crippen molar-refractivity contribution < 1.29 is 0 Å². The maximum absolute atomic E-state index is 2.36. The van der Waals surface area contributed by atoms with Gasteiger partial charge in [0.25, 0.3) is 0 Å². The van der Waals surface area contributed by atoms with Crippen LogP contribution in [0.2, 0.25) is 0 Å². The molecule has 1 rings (SSSR count). The van der Waals surface area contributed by atoms with Crippen molar-refractivity contribution in [3.05, 3.63) is 34.9 Å². The van der Waals surface area contributed by atoms with E-state index in [1.165, 1.54) is 23.1 Å². The second kappa shape index (κ2) is 4.38. The van der Waals surface area contributed by atoms with E-state index in [1.807, 2.05) is 0 Å². The summed E-state index contributed by atoms with van der Waals surface area (Å²) < 4.78 is 0. The summed E-state index contributed by atoms with van der Waals surface area (Å²) in [6, 6.07) is 6.95. The van der Waals surface area contributed by atoms with Gasteiger partial charge in [0.2, 0.25) is 0 Å². The van der Waals surface area contributed by atoms with Crippen LogP contribution in [0.15, 0.2) is 18.2 Å². The minimum Gasteiger partial charge on any atom is -0.0648 e. The molecule has 15 heavy (non-hydrogen) atoms.